The molecule has 0 unspecified atom stereocenters. The van der Waals surface area contributed by atoms with Crippen LogP contribution in [-0.4, -0.2) is 47.6 Å². The lowest BCUT2D eigenvalue weighted by Gasteiger charge is -2.20. The number of carbonyl (C=O) groups is 2. The summed E-state index contributed by atoms with van der Waals surface area (Å²) in [5.41, 5.74) is 6.29. The van der Waals surface area contributed by atoms with Crippen molar-refractivity contribution in [2.45, 2.75) is 19.9 Å². The average Bonchev–Trinajstić information content (AvgIpc) is 3.04. The molecular formula is C19H24N4O3. The Morgan fingerprint density at radius 1 is 1.31 bits per heavy atom. The summed E-state index contributed by atoms with van der Waals surface area (Å²) in [6.07, 6.45) is 3.54. The number of esters is 1. The maximum Gasteiger partial charge on any atom is 0.314 e. The molecule has 2 aromatic rings. The van der Waals surface area contributed by atoms with Crippen molar-refractivity contribution in [3.63, 3.8) is 0 Å². The zero-order valence-corrected chi connectivity index (χ0v) is 15.0. The number of benzene rings is 1. The third-order valence-corrected chi connectivity index (χ3v) is 4.49. The Kier molecular flexibility index (Phi) is 5.25. The average molecular weight is 356 g/mol. The number of nitrogens with zero attached hydrogens (tertiary/aromatic N) is 2. The van der Waals surface area contributed by atoms with Crippen molar-refractivity contribution in [2.24, 2.45) is 17.6 Å². The van der Waals surface area contributed by atoms with Gasteiger partial charge in [-0.05, 0) is 29.5 Å². The summed E-state index contributed by atoms with van der Waals surface area (Å²) >= 11 is 0. The van der Waals surface area contributed by atoms with Crippen LogP contribution in [0, 0.1) is 11.8 Å². The SMILES string of the molecule is CC(C)COC(=O)[C@H]1CN(C(N)=O)C[C@@H]1Nc1ccc2cnccc2c1. The zero-order valence-electron chi connectivity index (χ0n) is 15.0. The summed E-state index contributed by atoms with van der Waals surface area (Å²) in [4.78, 5) is 29.6. The number of pyridine rings is 1. The first-order valence-corrected chi connectivity index (χ1v) is 8.75. The van der Waals surface area contributed by atoms with E-state index in [2.05, 4.69) is 10.3 Å². The van der Waals surface area contributed by atoms with Gasteiger partial charge in [0.1, 0.15) is 0 Å². The fraction of sp³-hybridized carbons (Fsp3) is 0.421. The molecule has 1 aliphatic rings. The molecule has 0 bridgehead atoms. The van der Waals surface area contributed by atoms with Crippen molar-refractivity contribution in [3.8, 4) is 0 Å². The third kappa shape index (κ3) is 4.04. The van der Waals surface area contributed by atoms with Gasteiger partial charge >= 0.3 is 12.0 Å². The Morgan fingerprint density at radius 3 is 2.85 bits per heavy atom. The lowest BCUT2D eigenvalue weighted by molar-refractivity contribution is -0.149. The number of likely N-dealkylation sites (tertiary alicyclic amines) is 1. The molecule has 7 heteroatoms. The molecular weight excluding hydrogens is 332 g/mol. The monoisotopic (exact) mass is 356 g/mol. The molecule has 2 atom stereocenters. The minimum atomic E-state index is -0.527. The Hall–Kier alpha value is -2.83. The first kappa shape index (κ1) is 18.0. The Bertz CT molecular complexity index is 808. The standard InChI is InChI=1S/C19H24N4O3/c1-12(2)11-26-18(24)16-9-23(19(20)25)10-17(16)22-15-4-3-14-8-21-6-5-13(14)7-15/h3-8,12,16-17,22H,9-11H2,1-2H3,(H2,20,25)/t16-,17-/m0/s1. The fourth-order valence-electron chi connectivity index (χ4n) is 3.11. The first-order valence-electron chi connectivity index (χ1n) is 8.75. The van der Waals surface area contributed by atoms with Crippen LogP contribution >= 0.6 is 0 Å². The van der Waals surface area contributed by atoms with Crippen LogP contribution in [0.3, 0.4) is 0 Å². The molecule has 26 heavy (non-hydrogen) atoms. The van der Waals surface area contributed by atoms with E-state index in [-0.39, 0.29) is 24.5 Å². The van der Waals surface area contributed by atoms with Gasteiger partial charge in [-0.3, -0.25) is 9.78 Å². The van der Waals surface area contributed by atoms with E-state index in [4.69, 9.17) is 10.5 Å². The van der Waals surface area contributed by atoms with E-state index in [0.29, 0.717) is 13.2 Å². The van der Waals surface area contributed by atoms with Crippen molar-refractivity contribution < 1.29 is 14.3 Å². The van der Waals surface area contributed by atoms with Gasteiger partial charge in [0, 0.05) is 36.6 Å². The van der Waals surface area contributed by atoms with Gasteiger partial charge in [0.05, 0.1) is 18.6 Å². The molecule has 3 N–H and O–H groups in total. The summed E-state index contributed by atoms with van der Waals surface area (Å²) in [7, 11) is 0. The highest BCUT2D eigenvalue weighted by Crippen LogP contribution is 2.25. The van der Waals surface area contributed by atoms with Crippen LogP contribution in [0.4, 0.5) is 10.5 Å². The molecule has 1 fully saturated rings. The van der Waals surface area contributed by atoms with Gasteiger partial charge < -0.3 is 20.7 Å². The van der Waals surface area contributed by atoms with Crippen LogP contribution in [0.2, 0.25) is 0 Å². The minimum Gasteiger partial charge on any atom is -0.465 e. The summed E-state index contributed by atoms with van der Waals surface area (Å²) in [6.45, 7) is 4.96. The zero-order chi connectivity index (χ0) is 18.7. The lowest BCUT2D eigenvalue weighted by Crippen LogP contribution is -2.35. The van der Waals surface area contributed by atoms with Gasteiger partial charge in [-0.2, -0.15) is 0 Å². The number of urea groups is 1. The number of fused-ring (bicyclic) bond motifs is 1. The first-order chi connectivity index (χ1) is 12.4. The van der Waals surface area contributed by atoms with E-state index in [1.165, 1.54) is 4.90 Å². The van der Waals surface area contributed by atoms with Gasteiger partial charge in [-0.15, -0.1) is 0 Å². The molecule has 1 saturated heterocycles. The number of aromatic nitrogens is 1. The molecule has 2 heterocycles. The van der Waals surface area contributed by atoms with Crippen LogP contribution in [-0.2, 0) is 9.53 Å². The van der Waals surface area contributed by atoms with Gasteiger partial charge in [-0.1, -0.05) is 19.9 Å². The summed E-state index contributed by atoms with van der Waals surface area (Å²) < 4.78 is 5.39. The Labute approximate surface area is 152 Å². The van der Waals surface area contributed by atoms with Crippen molar-refractivity contribution in [3.05, 3.63) is 36.7 Å². The van der Waals surface area contributed by atoms with E-state index < -0.39 is 11.9 Å². The second kappa shape index (κ2) is 7.59. The number of hydrogen-bond acceptors (Lipinski definition) is 5. The van der Waals surface area contributed by atoms with Gasteiger partial charge in [-0.25, -0.2) is 4.79 Å². The normalized spacial score (nSPS) is 19.7. The molecule has 0 radical (unpaired) electrons. The van der Waals surface area contributed by atoms with Crippen molar-refractivity contribution in [2.75, 3.05) is 25.0 Å². The maximum absolute atomic E-state index is 12.5. The minimum absolute atomic E-state index is 0.249. The number of nitrogens with one attached hydrogen (secondary N) is 1. The Morgan fingerprint density at radius 2 is 2.12 bits per heavy atom. The molecule has 0 aliphatic carbocycles. The second-order valence-electron chi connectivity index (χ2n) is 7.06. The molecule has 1 aromatic heterocycles. The molecule has 2 amide bonds. The number of nitrogens with two attached hydrogens (primary N) is 1. The molecule has 0 saturated carbocycles. The fourth-order valence-corrected chi connectivity index (χ4v) is 3.11. The lowest BCUT2D eigenvalue weighted by atomic mass is 10.0. The van der Waals surface area contributed by atoms with E-state index in [0.717, 1.165) is 16.5 Å². The highest BCUT2D eigenvalue weighted by Gasteiger charge is 2.40. The van der Waals surface area contributed by atoms with E-state index >= 15 is 0 Å². The summed E-state index contributed by atoms with van der Waals surface area (Å²) in [5.74, 6) is -0.493. The number of carbonyl (C=O) groups excluding carboxylic acids is 2. The highest BCUT2D eigenvalue weighted by atomic mass is 16.5. The topological polar surface area (TPSA) is 97.5 Å². The maximum atomic E-state index is 12.5. The van der Waals surface area contributed by atoms with E-state index in [1.54, 1.807) is 12.4 Å². The number of ether oxygens (including phenoxy) is 1. The number of amides is 2. The summed E-state index contributed by atoms with van der Waals surface area (Å²) in [6, 6.07) is 7.06. The quantitative estimate of drug-likeness (QED) is 0.801. The predicted molar refractivity (Wildman–Crippen MR) is 99.6 cm³/mol. The van der Waals surface area contributed by atoms with E-state index in [9.17, 15) is 9.59 Å². The second-order valence-corrected chi connectivity index (χ2v) is 7.06. The van der Waals surface area contributed by atoms with Crippen LogP contribution in [0.25, 0.3) is 10.8 Å². The van der Waals surface area contributed by atoms with Crippen molar-refractivity contribution in [1.82, 2.24) is 9.88 Å². The van der Waals surface area contributed by atoms with Crippen LogP contribution < -0.4 is 11.1 Å². The number of rotatable bonds is 5. The Balaban J connectivity index is 1.77. The molecule has 1 aromatic carbocycles. The number of hydrogen-bond donors (Lipinski definition) is 2. The van der Waals surface area contributed by atoms with Gasteiger partial charge in [0.25, 0.3) is 0 Å². The molecule has 138 valence electrons. The van der Waals surface area contributed by atoms with Crippen molar-refractivity contribution in [1.29, 1.82) is 0 Å². The van der Waals surface area contributed by atoms with Gasteiger partial charge in [0.2, 0.25) is 0 Å². The van der Waals surface area contributed by atoms with Crippen LogP contribution in [0.1, 0.15) is 13.8 Å². The molecule has 1 aliphatic heterocycles. The molecule has 3 rings (SSSR count). The smallest absolute Gasteiger partial charge is 0.314 e. The third-order valence-electron chi connectivity index (χ3n) is 4.49. The van der Waals surface area contributed by atoms with E-state index in [1.807, 2.05) is 38.1 Å². The van der Waals surface area contributed by atoms with Crippen LogP contribution in [0.15, 0.2) is 36.7 Å². The highest BCUT2D eigenvalue weighted by molar-refractivity contribution is 5.85. The van der Waals surface area contributed by atoms with Gasteiger partial charge in [0.15, 0.2) is 0 Å². The van der Waals surface area contributed by atoms with Crippen LogP contribution in [0.5, 0.6) is 0 Å². The molecule has 7 nitrogen and oxygen atoms in total. The number of anilines is 1. The molecule has 0 spiro atoms. The number of primary amides is 1. The largest absolute Gasteiger partial charge is 0.465 e. The van der Waals surface area contributed by atoms with Crippen molar-refractivity contribution >= 4 is 28.5 Å². The summed E-state index contributed by atoms with van der Waals surface area (Å²) in [5, 5.41) is 5.45. The predicted octanol–water partition coefficient (Wildman–Crippen LogP) is 2.22.